The van der Waals surface area contributed by atoms with Gasteiger partial charge in [0, 0.05) is 12.2 Å². The van der Waals surface area contributed by atoms with Gasteiger partial charge in [-0.15, -0.1) is 0 Å². The number of anilines is 1. The van der Waals surface area contributed by atoms with Crippen molar-refractivity contribution in [3.05, 3.63) is 59.7 Å². The summed E-state index contributed by atoms with van der Waals surface area (Å²) in [5.74, 6) is 0.177. The van der Waals surface area contributed by atoms with E-state index in [0.717, 1.165) is 16.9 Å². The molecule has 0 unspecified atom stereocenters. The molecule has 0 spiro atoms. The Balaban J connectivity index is 1.72. The third-order valence-electron chi connectivity index (χ3n) is 3.53. The summed E-state index contributed by atoms with van der Waals surface area (Å²) in [6, 6.07) is 15.1. The first-order valence-corrected chi connectivity index (χ1v) is 7.83. The van der Waals surface area contributed by atoms with Gasteiger partial charge in [-0.1, -0.05) is 29.8 Å². The van der Waals surface area contributed by atoms with Crippen LogP contribution >= 0.6 is 0 Å². The topological polar surface area (TPSA) is 67.4 Å². The summed E-state index contributed by atoms with van der Waals surface area (Å²) in [5.41, 5.74) is 2.87. The molecule has 5 heteroatoms. The minimum Gasteiger partial charge on any atom is -0.497 e. The Morgan fingerprint density at radius 3 is 2.50 bits per heavy atom. The normalized spacial score (nSPS) is 10.1. The largest absolute Gasteiger partial charge is 0.497 e. The van der Waals surface area contributed by atoms with Crippen molar-refractivity contribution < 1.29 is 14.3 Å². The molecule has 0 aliphatic heterocycles. The van der Waals surface area contributed by atoms with Crippen LogP contribution in [0.2, 0.25) is 0 Å². The van der Waals surface area contributed by atoms with Gasteiger partial charge in [-0.3, -0.25) is 9.59 Å². The summed E-state index contributed by atoms with van der Waals surface area (Å²) in [7, 11) is 1.62. The van der Waals surface area contributed by atoms with E-state index in [1.54, 1.807) is 7.11 Å². The predicted octanol–water partition coefficient (Wildman–Crippen LogP) is 2.69. The monoisotopic (exact) mass is 326 g/mol. The molecule has 2 aromatic carbocycles. The van der Waals surface area contributed by atoms with E-state index in [2.05, 4.69) is 10.6 Å². The Bertz CT molecular complexity index is 696. The molecular formula is C19H22N2O3. The first kappa shape index (κ1) is 17.5. The first-order valence-electron chi connectivity index (χ1n) is 7.83. The summed E-state index contributed by atoms with van der Waals surface area (Å²) in [4.78, 5) is 23.7. The zero-order valence-corrected chi connectivity index (χ0v) is 14.0. The van der Waals surface area contributed by atoms with Gasteiger partial charge in [-0.05, 0) is 43.2 Å². The van der Waals surface area contributed by atoms with Crippen molar-refractivity contribution >= 4 is 17.5 Å². The Kier molecular flexibility index (Phi) is 6.37. The van der Waals surface area contributed by atoms with E-state index in [-0.39, 0.29) is 18.2 Å². The maximum atomic E-state index is 11.8. The van der Waals surface area contributed by atoms with E-state index in [4.69, 9.17) is 4.74 Å². The Labute approximate surface area is 142 Å². The standard InChI is InChI=1S/C19H22N2O3/c1-14-6-8-16(9-7-14)21-19(23)13-18(22)20-11-10-15-4-3-5-17(12-15)24-2/h3-9,12H,10-11,13H2,1-2H3,(H,20,22)(H,21,23). The Morgan fingerprint density at radius 1 is 1.04 bits per heavy atom. The molecule has 0 heterocycles. The minimum atomic E-state index is -0.322. The smallest absolute Gasteiger partial charge is 0.233 e. The van der Waals surface area contributed by atoms with Gasteiger partial charge in [0.05, 0.1) is 7.11 Å². The molecule has 126 valence electrons. The number of carbonyl (C=O) groups excluding carboxylic acids is 2. The van der Waals surface area contributed by atoms with Crippen LogP contribution in [0.1, 0.15) is 17.5 Å². The highest BCUT2D eigenvalue weighted by molar-refractivity contribution is 6.03. The molecule has 0 saturated carbocycles. The van der Waals surface area contributed by atoms with E-state index in [1.165, 1.54) is 0 Å². The van der Waals surface area contributed by atoms with Crippen LogP contribution in [0, 0.1) is 6.92 Å². The Morgan fingerprint density at radius 2 is 1.79 bits per heavy atom. The summed E-state index contributed by atoms with van der Waals surface area (Å²) in [6.45, 7) is 2.45. The molecule has 0 aromatic heterocycles. The average molecular weight is 326 g/mol. The number of hydrogen-bond acceptors (Lipinski definition) is 3. The van der Waals surface area contributed by atoms with Crippen LogP contribution in [0.3, 0.4) is 0 Å². The van der Waals surface area contributed by atoms with Crippen molar-refractivity contribution in [3.8, 4) is 5.75 Å². The zero-order chi connectivity index (χ0) is 17.4. The molecule has 0 saturated heterocycles. The Hall–Kier alpha value is -2.82. The second-order valence-electron chi connectivity index (χ2n) is 5.54. The molecule has 0 radical (unpaired) electrons. The lowest BCUT2D eigenvalue weighted by atomic mass is 10.1. The lowest BCUT2D eigenvalue weighted by Crippen LogP contribution is -2.29. The van der Waals surface area contributed by atoms with Crippen LogP contribution in [0.4, 0.5) is 5.69 Å². The molecule has 0 atom stereocenters. The van der Waals surface area contributed by atoms with Crippen LogP contribution < -0.4 is 15.4 Å². The maximum absolute atomic E-state index is 11.8. The number of nitrogens with one attached hydrogen (secondary N) is 2. The molecule has 0 aliphatic rings. The zero-order valence-electron chi connectivity index (χ0n) is 14.0. The molecule has 2 rings (SSSR count). The van der Waals surface area contributed by atoms with E-state index >= 15 is 0 Å². The van der Waals surface area contributed by atoms with Crippen LogP contribution in [0.5, 0.6) is 5.75 Å². The van der Waals surface area contributed by atoms with Gasteiger partial charge >= 0.3 is 0 Å². The van der Waals surface area contributed by atoms with Crippen molar-refractivity contribution in [2.75, 3.05) is 19.0 Å². The minimum absolute atomic E-state index is 0.189. The fourth-order valence-corrected chi connectivity index (χ4v) is 2.22. The van der Waals surface area contributed by atoms with Crippen molar-refractivity contribution in [1.82, 2.24) is 5.32 Å². The number of carbonyl (C=O) groups is 2. The van der Waals surface area contributed by atoms with Crippen LogP contribution in [-0.4, -0.2) is 25.5 Å². The highest BCUT2D eigenvalue weighted by Gasteiger charge is 2.09. The van der Waals surface area contributed by atoms with Gasteiger partial charge in [0.1, 0.15) is 12.2 Å². The van der Waals surface area contributed by atoms with Gasteiger partial charge in [0.15, 0.2) is 0 Å². The number of aryl methyl sites for hydroxylation is 1. The number of rotatable bonds is 7. The van der Waals surface area contributed by atoms with E-state index in [1.807, 2.05) is 55.5 Å². The summed E-state index contributed by atoms with van der Waals surface area (Å²) >= 11 is 0. The van der Waals surface area contributed by atoms with Gasteiger partial charge in [0.25, 0.3) is 0 Å². The molecule has 0 fully saturated rings. The van der Waals surface area contributed by atoms with Crippen LogP contribution in [0.15, 0.2) is 48.5 Å². The lowest BCUT2D eigenvalue weighted by Gasteiger charge is -2.08. The molecule has 0 aliphatic carbocycles. The van der Waals surface area contributed by atoms with Gasteiger partial charge in [-0.2, -0.15) is 0 Å². The highest BCUT2D eigenvalue weighted by Crippen LogP contribution is 2.12. The molecule has 5 nitrogen and oxygen atoms in total. The highest BCUT2D eigenvalue weighted by atomic mass is 16.5. The van der Waals surface area contributed by atoms with Crippen LogP contribution in [0.25, 0.3) is 0 Å². The van der Waals surface area contributed by atoms with E-state index < -0.39 is 0 Å². The molecule has 2 amide bonds. The maximum Gasteiger partial charge on any atom is 0.233 e. The molecule has 24 heavy (non-hydrogen) atoms. The predicted molar refractivity (Wildman–Crippen MR) is 94.1 cm³/mol. The molecule has 2 N–H and O–H groups in total. The second-order valence-corrected chi connectivity index (χ2v) is 5.54. The number of methoxy groups -OCH3 is 1. The van der Waals surface area contributed by atoms with Gasteiger partial charge < -0.3 is 15.4 Å². The quantitative estimate of drug-likeness (QED) is 0.769. The summed E-state index contributed by atoms with van der Waals surface area (Å²) in [6.07, 6.45) is 0.495. The molecule has 0 bridgehead atoms. The third-order valence-corrected chi connectivity index (χ3v) is 3.53. The SMILES string of the molecule is COc1cccc(CCNC(=O)CC(=O)Nc2ccc(C)cc2)c1. The summed E-state index contributed by atoms with van der Waals surface area (Å²) < 4.78 is 5.16. The number of benzene rings is 2. The number of amides is 2. The summed E-state index contributed by atoms with van der Waals surface area (Å²) in [5, 5.41) is 5.46. The average Bonchev–Trinajstić information content (AvgIpc) is 2.57. The number of hydrogen-bond donors (Lipinski definition) is 2. The fourth-order valence-electron chi connectivity index (χ4n) is 2.22. The van der Waals surface area contributed by atoms with E-state index in [9.17, 15) is 9.59 Å². The van der Waals surface area contributed by atoms with Crippen molar-refractivity contribution in [3.63, 3.8) is 0 Å². The third kappa shape index (κ3) is 5.76. The van der Waals surface area contributed by atoms with Crippen molar-refractivity contribution in [1.29, 1.82) is 0 Å². The van der Waals surface area contributed by atoms with E-state index in [0.29, 0.717) is 18.7 Å². The van der Waals surface area contributed by atoms with Gasteiger partial charge in [0.2, 0.25) is 11.8 Å². The number of ether oxygens (including phenoxy) is 1. The fraction of sp³-hybridized carbons (Fsp3) is 0.263. The second kappa shape index (κ2) is 8.72. The van der Waals surface area contributed by atoms with Crippen LogP contribution in [-0.2, 0) is 16.0 Å². The van der Waals surface area contributed by atoms with Crippen molar-refractivity contribution in [2.45, 2.75) is 19.8 Å². The lowest BCUT2D eigenvalue weighted by molar-refractivity contribution is -0.126. The van der Waals surface area contributed by atoms with Crippen molar-refractivity contribution in [2.24, 2.45) is 0 Å². The molecular weight excluding hydrogens is 304 g/mol. The van der Waals surface area contributed by atoms with Gasteiger partial charge in [-0.25, -0.2) is 0 Å². The molecule has 2 aromatic rings. The first-order chi connectivity index (χ1) is 11.6.